The van der Waals surface area contributed by atoms with Gasteiger partial charge in [-0.25, -0.2) is 0 Å². The van der Waals surface area contributed by atoms with Crippen LogP contribution in [0.5, 0.6) is 5.75 Å². The maximum absolute atomic E-state index is 13.2. The van der Waals surface area contributed by atoms with Crippen molar-refractivity contribution in [1.82, 2.24) is 14.7 Å². The first-order chi connectivity index (χ1) is 15.0. The van der Waals surface area contributed by atoms with Gasteiger partial charge in [0.15, 0.2) is 0 Å². The molecule has 3 heterocycles. The number of hydrogen-bond donors (Lipinski definition) is 0. The molecule has 0 saturated carbocycles. The number of benzene rings is 1. The number of hydrogen-bond acceptors (Lipinski definition) is 5. The highest BCUT2D eigenvalue weighted by Gasteiger charge is 2.61. The molecule has 0 bridgehead atoms. The Morgan fingerprint density at radius 1 is 1.13 bits per heavy atom. The summed E-state index contributed by atoms with van der Waals surface area (Å²) in [7, 11) is 3.36. The minimum Gasteiger partial charge on any atom is -0.497 e. The van der Waals surface area contributed by atoms with Gasteiger partial charge in [0.05, 0.1) is 31.6 Å². The van der Waals surface area contributed by atoms with Crippen molar-refractivity contribution in [2.75, 3.05) is 60.1 Å². The molecule has 1 aromatic rings. The molecule has 0 N–H and O–H groups in total. The number of piperidine rings is 1. The maximum atomic E-state index is 13.2. The lowest BCUT2D eigenvalue weighted by Gasteiger charge is -2.48. The third kappa shape index (κ3) is 4.05. The second-order valence-corrected chi connectivity index (χ2v) is 9.06. The molecule has 4 rings (SSSR count). The van der Waals surface area contributed by atoms with Crippen LogP contribution >= 0.6 is 0 Å². The fourth-order valence-electron chi connectivity index (χ4n) is 5.99. The minimum atomic E-state index is -0.102. The molecule has 2 atom stereocenters. The van der Waals surface area contributed by atoms with Crippen LogP contribution in [0.1, 0.15) is 25.3 Å². The van der Waals surface area contributed by atoms with Gasteiger partial charge in [0.1, 0.15) is 5.75 Å². The van der Waals surface area contributed by atoms with Gasteiger partial charge < -0.3 is 19.3 Å². The van der Waals surface area contributed by atoms with Gasteiger partial charge in [-0.15, -0.1) is 0 Å². The van der Waals surface area contributed by atoms with Gasteiger partial charge in [-0.1, -0.05) is 12.1 Å². The van der Waals surface area contributed by atoms with Gasteiger partial charge in [0.25, 0.3) is 0 Å². The third-order valence-electron chi connectivity index (χ3n) is 7.63. The van der Waals surface area contributed by atoms with Crippen molar-refractivity contribution in [2.45, 2.75) is 31.7 Å². The van der Waals surface area contributed by atoms with Gasteiger partial charge >= 0.3 is 0 Å². The standard InChI is InChI=1S/C24H35N3O4/c1-4-27-23(29)20-16-25(13-14-30-2)17-21(20)24(27)9-11-26(12-10-24)22(28)15-18-5-7-19(31-3)8-6-18/h5-8,20-21H,4,9-17H2,1-3H3/t20-,21+/m1/s1. The zero-order chi connectivity index (χ0) is 22.0. The zero-order valence-corrected chi connectivity index (χ0v) is 19.0. The minimum absolute atomic E-state index is 0.0957. The molecular formula is C24H35N3O4. The fraction of sp³-hybridized carbons (Fsp3) is 0.667. The number of methoxy groups -OCH3 is 2. The molecule has 3 aliphatic rings. The number of likely N-dealkylation sites (tertiary alicyclic amines) is 3. The second-order valence-electron chi connectivity index (χ2n) is 9.06. The lowest BCUT2D eigenvalue weighted by Crippen LogP contribution is -2.58. The first kappa shape index (κ1) is 22.1. The van der Waals surface area contributed by atoms with E-state index in [2.05, 4.69) is 16.7 Å². The molecule has 3 aliphatic heterocycles. The van der Waals surface area contributed by atoms with Crippen molar-refractivity contribution in [3.63, 3.8) is 0 Å². The average Bonchev–Trinajstić information content (AvgIpc) is 3.31. The van der Waals surface area contributed by atoms with Gasteiger partial charge in [-0.2, -0.15) is 0 Å². The van der Waals surface area contributed by atoms with Crippen LogP contribution in [0.2, 0.25) is 0 Å². The fourth-order valence-corrected chi connectivity index (χ4v) is 5.99. The number of ether oxygens (including phenoxy) is 2. The third-order valence-corrected chi connectivity index (χ3v) is 7.63. The Bertz CT molecular complexity index is 789. The van der Waals surface area contributed by atoms with Crippen molar-refractivity contribution < 1.29 is 19.1 Å². The van der Waals surface area contributed by atoms with E-state index < -0.39 is 0 Å². The first-order valence-electron chi connectivity index (χ1n) is 11.5. The molecule has 3 saturated heterocycles. The molecule has 0 radical (unpaired) electrons. The summed E-state index contributed by atoms with van der Waals surface area (Å²) in [5.41, 5.74) is 0.900. The van der Waals surface area contributed by atoms with Crippen LogP contribution in [0.15, 0.2) is 24.3 Å². The van der Waals surface area contributed by atoms with E-state index in [9.17, 15) is 9.59 Å². The highest BCUT2D eigenvalue weighted by atomic mass is 16.5. The van der Waals surface area contributed by atoms with Crippen molar-refractivity contribution in [3.8, 4) is 5.75 Å². The molecule has 2 amide bonds. The van der Waals surface area contributed by atoms with E-state index in [4.69, 9.17) is 9.47 Å². The first-order valence-corrected chi connectivity index (χ1v) is 11.5. The molecule has 1 aromatic carbocycles. The molecule has 1 spiro atoms. The normalized spacial score (nSPS) is 25.3. The van der Waals surface area contributed by atoms with Gasteiger partial charge in [0.2, 0.25) is 11.8 Å². The molecular weight excluding hydrogens is 394 g/mol. The molecule has 0 aromatic heterocycles. The van der Waals surface area contributed by atoms with E-state index in [0.29, 0.717) is 24.9 Å². The summed E-state index contributed by atoms with van der Waals surface area (Å²) in [5, 5.41) is 0. The van der Waals surface area contributed by atoms with Crippen LogP contribution in [0.3, 0.4) is 0 Å². The average molecular weight is 430 g/mol. The van der Waals surface area contributed by atoms with E-state index in [1.54, 1.807) is 14.2 Å². The molecule has 3 fully saturated rings. The highest BCUT2D eigenvalue weighted by molar-refractivity contribution is 5.84. The van der Waals surface area contributed by atoms with Crippen molar-refractivity contribution >= 4 is 11.8 Å². The van der Waals surface area contributed by atoms with E-state index in [1.807, 2.05) is 29.2 Å². The summed E-state index contributed by atoms with van der Waals surface area (Å²) in [4.78, 5) is 32.6. The summed E-state index contributed by atoms with van der Waals surface area (Å²) in [6, 6.07) is 7.70. The Morgan fingerprint density at radius 2 is 1.84 bits per heavy atom. The number of amides is 2. The summed E-state index contributed by atoms with van der Waals surface area (Å²) < 4.78 is 10.4. The lowest BCUT2D eigenvalue weighted by atomic mass is 9.74. The lowest BCUT2D eigenvalue weighted by molar-refractivity contribution is -0.138. The molecule has 7 nitrogen and oxygen atoms in total. The van der Waals surface area contributed by atoms with E-state index >= 15 is 0 Å². The summed E-state index contributed by atoms with van der Waals surface area (Å²) in [6.07, 6.45) is 2.16. The number of rotatable bonds is 7. The number of fused-ring (bicyclic) bond motifs is 2. The zero-order valence-electron chi connectivity index (χ0n) is 19.0. The van der Waals surface area contributed by atoms with Crippen LogP contribution in [-0.4, -0.2) is 92.1 Å². The molecule has 7 heteroatoms. The Hall–Kier alpha value is -2.12. The molecule has 0 unspecified atom stereocenters. The largest absolute Gasteiger partial charge is 0.497 e. The summed E-state index contributed by atoms with van der Waals surface area (Å²) in [6.45, 7) is 7.66. The molecule has 170 valence electrons. The van der Waals surface area contributed by atoms with Crippen molar-refractivity contribution in [3.05, 3.63) is 29.8 Å². The topological polar surface area (TPSA) is 62.3 Å². The Morgan fingerprint density at radius 3 is 2.45 bits per heavy atom. The van der Waals surface area contributed by atoms with E-state index in [-0.39, 0.29) is 17.4 Å². The van der Waals surface area contributed by atoms with Gasteiger partial charge in [-0.3, -0.25) is 14.5 Å². The Kier molecular flexibility index (Phi) is 6.53. The van der Waals surface area contributed by atoms with Crippen LogP contribution in [0.25, 0.3) is 0 Å². The van der Waals surface area contributed by atoms with Gasteiger partial charge in [-0.05, 0) is 37.5 Å². The van der Waals surface area contributed by atoms with E-state index in [1.165, 1.54) is 0 Å². The highest BCUT2D eigenvalue weighted by Crippen LogP contribution is 2.49. The number of carbonyl (C=O) groups excluding carboxylic acids is 2. The maximum Gasteiger partial charge on any atom is 0.227 e. The van der Waals surface area contributed by atoms with Gasteiger partial charge in [0, 0.05) is 52.3 Å². The van der Waals surface area contributed by atoms with Crippen LogP contribution in [0.4, 0.5) is 0 Å². The summed E-state index contributed by atoms with van der Waals surface area (Å²) >= 11 is 0. The SMILES string of the molecule is CCN1C(=O)[C@@H]2CN(CCOC)C[C@@H]2C12CCN(C(=O)Cc1ccc(OC)cc1)CC2. The number of nitrogens with zero attached hydrogens (tertiary/aromatic N) is 3. The molecule has 0 aliphatic carbocycles. The second kappa shape index (κ2) is 9.17. The van der Waals surface area contributed by atoms with Crippen LogP contribution in [0, 0.1) is 11.8 Å². The van der Waals surface area contributed by atoms with E-state index in [0.717, 1.165) is 63.4 Å². The summed E-state index contributed by atoms with van der Waals surface area (Å²) in [5.74, 6) is 1.73. The Balaban J connectivity index is 1.41. The van der Waals surface area contributed by atoms with Crippen molar-refractivity contribution in [2.24, 2.45) is 11.8 Å². The smallest absolute Gasteiger partial charge is 0.227 e. The Labute approximate surface area is 185 Å². The predicted molar refractivity (Wildman–Crippen MR) is 118 cm³/mol. The van der Waals surface area contributed by atoms with Crippen LogP contribution < -0.4 is 4.74 Å². The molecule has 31 heavy (non-hydrogen) atoms. The van der Waals surface area contributed by atoms with Crippen molar-refractivity contribution in [1.29, 1.82) is 0 Å². The number of carbonyl (C=O) groups is 2. The quantitative estimate of drug-likeness (QED) is 0.660. The van der Waals surface area contributed by atoms with Crippen LogP contribution in [-0.2, 0) is 20.7 Å². The monoisotopic (exact) mass is 429 g/mol. The predicted octanol–water partition coefficient (Wildman–Crippen LogP) is 1.66.